The fourth-order valence-corrected chi connectivity index (χ4v) is 1.59. The summed E-state index contributed by atoms with van der Waals surface area (Å²) >= 11 is 5.66. The first-order valence-corrected chi connectivity index (χ1v) is 6.41. The first-order chi connectivity index (χ1) is 9.19. The summed E-state index contributed by atoms with van der Waals surface area (Å²) in [5.74, 6) is -0.369. The monoisotopic (exact) mass is 304 g/mol. The van der Waals surface area contributed by atoms with Crippen LogP contribution in [0.1, 0.15) is 27.2 Å². The maximum absolute atomic E-state index is 11.4. The van der Waals surface area contributed by atoms with Gasteiger partial charge in [-0.3, -0.25) is 0 Å². The van der Waals surface area contributed by atoms with Gasteiger partial charge in [-0.15, -0.1) is 0 Å². The number of alkyl carbamates (subject to hydrolysis) is 1. The molecule has 0 atom stereocenters. The number of ether oxygens (including phenoxy) is 1. The van der Waals surface area contributed by atoms with Crippen LogP contribution in [0, 0.1) is 10.1 Å². The van der Waals surface area contributed by atoms with Gasteiger partial charge in [0.05, 0.1) is 17.8 Å². The van der Waals surface area contributed by atoms with E-state index in [1.54, 1.807) is 20.8 Å². The summed E-state index contributed by atoms with van der Waals surface area (Å²) in [6.07, 6.45) is 1.43. The Kier molecular flexibility index (Phi) is 5.32. The van der Waals surface area contributed by atoms with E-state index in [4.69, 9.17) is 16.3 Å². The molecule has 0 spiro atoms. The molecular weight excluding hydrogens is 288 g/mol. The predicted octanol–water partition coefficient (Wildman–Crippen LogP) is 2.36. The first kappa shape index (κ1) is 16.2. The Hall–Kier alpha value is -1.83. The van der Waals surface area contributed by atoms with E-state index in [2.05, 4.69) is 10.4 Å². The molecule has 0 aromatic carbocycles. The molecule has 112 valence electrons. The average molecular weight is 305 g/mol. The molecule has 1 aromatic heterocycles. The lowest BCUT2D eigenvalue weighted by Crippen LogP contribution is -2.33. The van der Waals surface area contributed by atoms with E-state index < -0.39 is 16.6 Å². The lowest BCUT2D eigenvalue weighted by atomic mass is 10.2. The van der Waals surface area contributed by atoms with Crippen molar-refractivity contribution in [3.8, 4) is 0 Å². The molecule has 8 nitrogen and oxygen atoms in total. The van der Waals surface area contributed by atoms with Crippen LogP contribution >= 0.6 is 11.6 Å². The number of nitro groups is 1. The van der Waals surface area contributed by atoms with Crippen LogP contribution in [-0.2, 0) is 11.3 Å². The number of amides is 1. The van der Waals surface area contributed by atoms with Gasteiger partial charge >= 0.3 is 11.9 Å². The van der Waals surface area contributed by atoms with Crippen LogP contribution in [0.3, 0.4) is 0 Å². The lowest BCUT2D eigenvalue weighted by Gasteiger charge is -2.19. The predicted molar refractivity (Wildman–Crippen MR) is 72.7 cm³/mol. The number of nitrogens with one attached hydrogen (secondary N) is 1. The fourth-order valence-electron chi connectivity index (χ4n) is 1.37. The summed E-state index contributed by atoms with van der Waals surface area (Å²) in [4.78, 5) is 21.3. The Morgan fingerprint density at radius 1 is 1.60 bits per heavy atom. The zero-order valence-corrected chi connectivity index (χ0v) is 12.3. The van der Waals surface area contributed by atoms with Gasteiger partial charge in [-0.1, -0.05) is 11.6 Å². The number of carbonyl (C=O) groups excluding carboxylic acids is 1. The van der Waals surface area contributed by atoms with E-state index in [-0.39, 0.29) is 10.8 Å². The van der Waals surface area contributed by atoms with E-state index in [0.29, 0.717) is 19.5 Å². The molecule has 9 heteroatoms. The molecule has 0 radical (unpaired) electrons. The Morgan fingerprint density at radius 3 is 2.75 bits per heavy atom. The number of halogens is 1. The largest absolute Gasteiger partial charge is 0.444 e. The van der Waals surface area contributed by atoms with Crippen molar-refractivity contribution in [3.63, 3.8) is 0 Å². The average Bonchev–Trinajstić information content (AvgIpc) is 2.64. The smallest absolute Gasteiger partial charge is 0.408 e. The van der Waals surface area contributed by atoms with E-state index in [0.717, 1.165) is 0 Å². The molecular formula is C11H17ClN4O4. The molecule has 0 aliphatic heterocycles. The number of aryl methyl sites for hydroxylation is 1. The molecule has 1 N–H and O–H groups in total. The second-order valence-corrected chi connectivity index (χ2v) is 5.51. The highest BCUT2D eigenvalue weighted by Gasteiger charge is 2.19. The van der Waals surface area contributed by atoms with Crippen molar-refractivity contribution >= 4 is 23.5 Å². The summed E-state index contributed by atoms with van der Waals surface area (Å²) in [5.41, 5.74) is -0.541. The summed E-state index contributed by atoms with van der Waals surface area (Å²) in [5, 5.41) is 16.9. The minimum absolute atomic E-state index is 0.00454. The van der Waals surface area contributed by atoms with Gasteiger partial charge < -0.3 is 20.2 Å². The van der Waals surface area contributed by atoms with Gasteiger partial charge in [0.1, 0.15) is 5.60 Å². The van der Waals surface area contributed by atoms with Crippen LogP contribution < -0.4 is 5.32 Å². The molecule has 1 heterocycles. The van der Waals surface area contributed by atoms with E-state index >= 15 is 0 Å². The van der Waals surface area contributed by atoms with Gasteiger partial charge in [-0.05, 0) is 32.1 Å². The number of aromatic nitrogens is 2. The summed E-state index contributed by atoms with van der Waals surface area (Å²) in [6.45, 7) is 6.11. The van der Waals surface area contributed by atoms with Gasteiger partial charge in [0, 0.05) is 6.54 Å². The maximum atomic E-state index is 11.4. The summed E-state index contributed by atoms with van der Waals surface area (Å²) < 4.78 is 6.43. The Labute approximate surface area is 121 Å². The van der Waals surface area contributed by atoms with Gasteiger partial charge in [-0.2, -0.15) is 4.68 Å². The molecule has 0 saturated carbocycles. The first-order valence-electron chi connectivity index (χ1n) is 6.03. The quantitative estimate of drug-likeness (QED) is 0.511. The van der Waals surface area contributed by atoms with E-state index in [1.807, 2.05) is 0 Å². The molecule has 1 amide bonds. The molecule has 0 aliphatic carbocycles. The molecule has 0 aliphatic rings. The number of hydrogen-bond donors (Lipinski definition) is 1. The van der Waals surface area contributed by atoms with Gasteiger partial charge in [0.25, 0.3) is 0 Å². The normalized spacial score (nSPS) is 11.2. The lowest BCUT2D eigenvalue weighted by molar-refractivity contribution is -0.389. The number of nitrogens with zero attached hydrogens (tertiary/aromatic N) is 3. The van der Waals surface area contributed by atoms with Gasteiger partial charge in [0.15, 0.2) is 5.02 Å². The molecule has 20 heavy (non-hydrogen) atoms. The fraction of sp³-hybridized carbons (Fsp3) is 0.636. The van der Waals surface area contributed by atoms with Gasteiger partial charge in [-0.25, -0.2) is 4.79 Å². The van der Waals surface area contributed by atoms with Crippen LogP contribution in [0.4, 0.5) is 10.6 Å². The van der Waals surface area contributed by atoms with Crippen molar-refractivity contribution in [2.45, 2.75) is 39.3 Å². The van der Waals surface area contributed by atoms with E-state index in [1.165, 1.54) is 10.9 Å². The number of carbonyl (C=O) groups is 1. The highest BCUT2D eigenvalue weighted by molar-refractivity contribution is 6.32. The molecule has 1 aromatic rings. The number of rotatable bonds is 5. The maximum Gasteiger partial charge on any atom is 0.408 e. The Bertz CT molecular complexity index is 495. The van der Waals surface area contributed by atoms with Crippen molar-refractivity contribution in [2.75, 3.05) is 6.54 Å². The zero-order chi connectivity index (χ0) is 15.3. The van der Waals surface area contributed by atoms with Crippen molar-refractivity contribution < 1.29 is 14.5 Å². The summed E-state index contributed by atoms with van der Waals surface area (Å²) in [7, 11) is 0. The molecule has 0 fully saturated rings. The third-order valence-corrected chi connectivity index (χ3v) is 2.37. The van der Waals surface area contributed by atoms with Crippen molar-refractivity contribution in [1.82, 2.24) is 15.1 Å². The third kappa shape index (κ3) is 5.43. The highest BCUT2D eigenvalue weighted by atomic mass is 35.5. The molecule has 1 rings (SSSR count). The minimum Gasteiger partial charge on any atom is -0.444 e. The van der Waals surface area contributed by atoms with Gasteiger partial charge in [0.2, 0.25) is 0 Å². The standard InChI is InChI=1S/C11H17ClN4O4/c1-11(2,3)20-10(17)13-5-4-6-15-7-8(12)9(14-15)16(18)19/h7H,4-6H2,1-3H3,(H,13,17). The van der Waals surface area contributed by atoms with Crippen molar-refractivity contribution in [3.05, 3.63) is 21.3 Å². The highest BCUT2D eigenvalue weighted by Crippen LogP contribution is 2.21. The molecule has 0 saturated heterocycles. The second kappa shape index (κ2) is 6.56. The molecule has 0 bridgehead atoms. The second-order valence-electron chi connectivity index (χ2n) is 5.10. The van der Waals surface area contributed by atoms with Crippen LogP contribution in [-0.4, -0.2) is 32.9 Å². The van der Waals surface area contributed by atoms with Crippen molar-refractivity contribution in [2.24, 2.45) is 0 Å². The topological polar surface area (TPSA) is 99.3 Å². The van der Waals surface area contributed by atoms with Crippen molar-refractivity contribution in [1.29, 1.82) is 0 Å². The van der Waals surface area contributed by atoms with Crippen LogP contribution in [0.5, 0.6) is 0 Å². The van der Waals surface area contributed by atoms with Crippen LogP contribution in [0.15, 0.2) is 6.20 Å². The van der Waals surface area contributed by atoms with Crippen LogP contribution in [0.2, 0.25) is 5.02 Å². The SMILES string of the molecule is CC(C)(C)OC(=O)NCCCn1cc(Cl)c([N+](=O)[O-])n1. The molecule has 0 unspecified atom stereocenters. The summed E-state index contributed by atoms with van der Waals surface area (Å²) in [6, 6.07) is 0. The third-order valence-electron chi connectivity index (χ3n) is 2.10. The number of hydrogen-bond acceptors (Lipinski definition) is 5. The zero-order valence-electron chi connectivity index (χ0n) is 11.6. The van der Waals surface area contributed by atoms with Crippen LogP contribution in [0.25, 0.3) is 0 Å². The Balaban J connectivity index is 2.33. The minimum atomic E-state index is -0.641. The van der Waals surface area contributed by atoms with E-state index in [9.17, 15) is 14.9 Å². The Morgan fingerprint density at radius 2 is 2.25 bits per heavy atom.